The molecular weight excluding hydrogens is 244 g/mol. The second-order valence-electron chi connectivity index (χ2n) is 3.97. The number of carbonyl (C=O) groups excluding carboxylic acids is 2. The Morgan fingerprint density at radius 1 is 1.53 bits per heavy atom. The zero-order chi connectivity index (χ0) is 12.7. The Bertz CT molecular complexity index is 267. The number of likely N-dealkylation sites (N-methyl/N-ethyl adjacent to an activating group) is 1. The highest BCUT2D eigenvalue weighted by Crippen LogP contribution is 2.13. The molecule has 6 heteroatoms. The number of halogens is 1. The number of nitrogens with zero attached hydrogens (tertiary/aromatic N) is 1. The van der Waals surface area contributed by atoms with Gasteiger partial charge in [-0.25, -0.2) is 4.79 Å². The van der Waals surface area contributed by atoms with Gasteiger partial charge in [0.05, 0.1) is 6.10 Å². The summed E-state index contributed by atoms with van der Waals surface area (Å²) in [5.41, 5.74) is 0. The van der Waals surface area contributed by atoms with E-state index in [1.807, 2.05) is 6.92 Å². The van der Waals surface area contributed by atoms with Crippen LogP contribution in [0, 0.1) is 0 Å². The van der Waals surface area contributed by atoms with E-state index in [1.165, 1.54) is 0 Å². The molecule has 0 spiro atoms. The number of rotatable bonds is 5. The summed E-state index contributed by atoms with van der Waals surface area (Å²) in [5, 5.41) is 2.31. The zero-order valence-corrected chi connectivity index (χ0v) is 10.8. The predicted octanol–water partition coefficient (Wildman–Crippen LogP) is 1.35. The number of ether oxygens (including phenoxy) is 1. The fraction of sp³-hybridized carbons (Fsp3) is 0.818. The van der Waals surface area contributed by atoms with Crippen LogP contribution in [0.1, 0.15) is 26.2 Å². The quantitative estimate of drug-likeness (QED) is 0.761. The first-order chi connectivity index (χ1) is 8.17. The van der Waals surface area contributed by atoms with Crippen LogP contribution in [-0.4, -0.2) is 48.5 Å². The molecule has 1 unspecified atom stereocenters. The van der Waals surface area contributed by atoms with Crippen molar-refractivity contribution in [3.05, 3.63) is 0 Å². The molecule has 3 amide bonds. The van der Waals surface area contributed by atoms with E-state index in [4.69, 9.17) is 16.3 Å². The van der Waals surface area contributed by atoms with Gasteiger partial charge in [0, 0.05) is 32.0 Å². The first kappa shape index (κ1) is 14.3. The summed E-state index contributed by atoms with van der Waals surface area (Å²) in [6.45, 7) is 3.73. The van der Waals surface area contributed by atoms with Crippen molar-refractivity contribution in [3.63, 3.8) is 0 Å². The zero-order valence-electron chi connectivity index (χ0n) is 10.1. The molecule has 1 rings (SSSR count). The summed E-state index contributed by atoms with van der Waals surface area (Å²) in [6.07, 6.45) is 2.27. The van der Waals surface area contributed by atoms with E-state index in [-0.39, 0.29) is 30.3 Å². The third kappa shape index (κ3) is 4.91. The van der Waals surface area contributed by atoms with E-state index >= 15 is 0 Å². The number of hydrogen-bond acceptors (Lipinski definition) is 3. The minimum absolute atomic E-state index is 0.101. The van der Waals surface area contributed by atoms with Gasteiger partial charge in [0.2, 0.25) is 5.91 Å². The Morgan fingerprint density at radius 3 is 2.82 bits per heavy atom. The standard InChI is InChI=1S/C11H19ClN2O3/c1-2-14(8-9-4-3-7-17-9)11(16)13-10(15)5-6-12/h9H,2-8H2,1H3,(H,13,15,16). The highest BCUT2D eigenvalue weighted by molar-refractivity contribution is 6.19. The fourth-order valence-electron chi connectivity index (χ4n) is 1.74. The number of amides is 3. The molecule has 5 nitrogen and oxygen atoms in total. The van der Waals surface area contributed by atoms with Crippen molar-refractivity contribution in [1.29, 1.82) is 0 Å². The van der Waals surface area contributed by atoms with Gasteiger partial charge in [-0.15, -0.1) is 11.6 Å². The maximum atomic E-state index is 11.7. The van der Waals surface area contributed by atoms with Crippen molar-refractivity contribution >= 4 is 23.5 Å². The predicted molar refractivity (Wildman–Crippen MR) is 65.1 cm³/mol. The van der Waals surface area contributed by atoms with E-state index in [1.54, 1.807) is 4.90 Å². The minimum Gasteiger partial charge on any atom is -0.376 e. The molecule has 1 atom stereocenters. The molecule has 1 fully saturated rings. The van der Waals surface area contributed by atoms with E-state index < -0.39 is 0 Å². The van der Waals surface area contributed by atoms with Gasteiger partial charge < -0.3 is 9.64 Å². The van der Waals surface area contributed by atoms with E-state index in [0.29, 0.717) is 13.1 Å². The molecule has 0 aromatic heterocycles. The molecule has 0 aromatic carbocycles. The molecular formula is C11H19ClN2O3. The molecule has 1 N–H and O–H groups in total. The van der Waals surface area contributed by atoms with Gasteiger partial charge in [-0.05, 0) is 19.8 Å². The SMILES string of the molecule is CCN(CC1CCCO1)C(=O)NC(=O)CCCl. The molecule has 0 aromatic rings. The van der Waals surface area contributed by atoms with Gasteiger partial charge >= 0.3 is 6.03 Å². The molecule has 98 valence electrons. The molecule has 17 heavy (non-hydrogen) atoms. The normalized spacial score (nSPS) is 19.1. The van der Waals surface area contributed by atoms with E-state index in [9.17, 15) is 9.59 Å². The molecule has 0 aliphatic carbocycles. The van der Waals surface area contributed by atoms with Crippen LogP contribution < -0.4 is 5.32 Å². The summed E-state index contributed by atoms with van der Waals surface area (Å²) >= 11 is 5.43. The van der Waals surface area contributed by atoms with Crippen molar-refractivity contribution in [2.24, 2.45) is 0 Å². The molecule has 1 heterocycles. The highest BCUT2D eigenvalue weighted by Gasteiger charge is 2.22. The molecule has 0 saturated carbocycles. The van der Waals surface area contributed by atoms with Crippen LogP contribution in [0.3, 0.4) is 0 Å². The first-order valence-electron chi connectivity index (χ1n) is 5.93. The average molecular weight is 263 g/mol. The molecule has 0 bridgehead atoms. The van der Waals surface area contributed by atoms with Crippen LogP contribution in [0.2, 0.25) is 0 Å². The van der Waals surface area contributed by atoms with Crippen LogP contribution in [0.5, 0.6) is 0 Å². The molecule has 1 saturated heterocycles. The Hall–Kier alpha value is -0.810. The van der Waals surface area contributed by atoms with E-state index in [0.717, 1.165) is 19.4 Å². The van der Waals surface area contributed by atoms with Gasteiger partial charge in [-0.1, -0.05) is 0 Å². The number of imide groups is 1. The summed E-state index contributed by atoms with van der Waals surface area (Å²) in [6, 6.07) is -0.363. The summed E-state index contributed by atoms with van der Waals surface area (Å²) < 4.78 is 5.46. The number of nitrogens with one attached hydrogen (secondary N) is 1. The highest BCUT2D eigenvalue weighted by atomic mass is 35.5. The number of alkyl halides is 1. The van der Waals surface area contributed by atoms with Crippen LogP contribution in [0.4, 0.5) is 4.79 Å². The fourth-order valence-corrected chi connectivity index (χ4v) is 1.91. The van der Waals surface area contributed by atoms with Gasteiger partial charge in [0.15, 0.2) is 0 Å². The van der Waals surface area contributed by atoms with Gasteiger partial charge in [-0.3, -0.25) is 10.1 Å². The summed E-state index contributed by atoms with van der Waals surface area (Å²) in [5.74, 6) is -0.118. The van der Waals surface area contributed by atoms with Crippen LogP contribution in [0.25, 0.3) is 0 Å². The molecule has 1 aliphatic heterocycles. The van der Waals surface area contributed by atoms with Gasteiger partial charge in [-0.2, -0.15) is 0 Å². The van der Waals surface area contributed by atoms with Crippen molar-refractivity contribution < 1.29 is 14.3 Å². The van der Waals surface area contributed by atoms with Crippen molar-refractivity contribution in [1.82, 2.24) is 10.2 Å². The lowest BCUT2D eigenvalue weighted by atomic mass is 10.2. The maximum absolute atomic E-state index is 11.7. The monoisotopic (exact) mass is 262 g/mol. The second kappa shape index (κ2) is 7.50. The lowest BCUT2D eigenvalue weighted by Crippen LogP contribution is -2.45. The van der Waals surface area contributed by atoms with Crippen molar-refractivity contribution in [2.45, 2.75) is 32.3 Å². The van der Waals surface area contributed by atoms with Crippen LogP contribution in [-0.2, 0) is 9.53 Å². The first-order valence-corrected chi connectivity index (χ1v) is 6.47. The Morgan fingerprint density at radius 2 is 2.29 bits per heavy atom. The largest absolute Gasteiger partial charge is 0.376 e. The number of urea groups is 1. The Labute approximate surface area is 106 Å². The Kier molecular flexibility index (Phi) is 6.29. The topological polar surface area (TPSA) is 58.6 Å². The molecule has 1 aliphatic rings. The third-order valence-corrected chi connectivity index (χ3v) is 2.87. The van der Waals surface area contributed by atoms with Gasteiger partial charge in [0.1, 0.15) is 0 Å². The number of carbonyl (C=O) groups is 2. The van der Waals surface area contributed by atoms with Gasteiger partial charge in [0.25, 0.3) is 0 Å². The van der Waals surface area contributed by atoms with Crippen molar-refractivity contribution in [3.8, 4) is 0 Å². The lowest BCUT2D eigenvalue weighted by molar-refractivity contribution is -0.119. The van der Waals surface area contributed by atoms with Crippen LogP contribution >= 0.6 is 11.6 Å². The van der Waals surface area contributed by atoms with E-state index in [2.05, 4.69) is 5.32 Å². The Balaban J connectivity index is 2.37. The minimum atomic E-state index is -0.363. The summed E-state index contributed by atoms with van der Waals surface area (Å²) in [7, 11) is 0. The second-order valence-corrected chi connectivity index (χ2v) is 4.34. The maximum Gasteiger partial charge on any atom is 0.324 e. The van der Waals surface area contributed by atoms with Crippen LogP contribution in [0.15, 0.2) is 0 Å². The van der Waals surface area contributed by atoms with Crippen molar-refractivity contribution in [2.75, 3.05) is 25.6 Å². The molecule has 0 radical (unpaired) electrons. The third-order valence-electron chi connectivity index (χ3n) is 2.68. The smallest absolute Gasteiger partial charge is 0.324 e. The average Bonchev–Trinajstić information content (AvgIpc) is 2.78. The summed E-state index contributed by atoms with van der Waals surface area (Å²) in [4.78, 5) is 24.6. The lowest BCUT2D eigenvalue weighted by Gasteiger charge is -2.23. The number of hydrogen-bond donors (Lipinski definition) is 1.